The number of rotatable bonds is 8. The number of nitrogens with one attached hydrogen (secondary N) is 3. The predicted octanol–water partition coefficient (Wildman–Crippen LogP) is 4.74. The highest BCUT2D eigenvalue weighted by molar-refractivity contribution is 6.00. The summed E-state index contributed by atoms with van der Waals surface area (Å²) in [6.45, 7) is 5.30. The highest BCUT2D eigenvalue weighted by Gasteiger charge is 2.22. The van der Waals surface area contributed by atoms with E-state index < -0.39 is 17.2 Å². The van der Waals surface area contributed by atoms with Crippen molar-refractivity contribution in [3.8, 4) is 17.2 Å². The van der Waals surface area contributed by atoms with Crippen LogP contribution in [0.1, 0.15) is 24.3 Å². The van der Waals surface area contributed by atoms with Crippen LogP contribution in [0.5, 0.6) is 17.2 Å². The van der Waals surface area contributed by atoms with Gasteiger partial charge >= 0.3 is 0 Å². The fourth-order valence-electron chi connectivity index (χ4n) is 4.77. The number of aryl methyl sites for hydroxylation is 1. The molecule has 0 spiro atoms. The van der Waals surface area contributed by atoms with Crippen molar-refractivity contribution >= 4 is 34.3 Å². The lowest BCUT2D eigenvalue weighted by atomic mass is 9.88. The van der Waals surface area contributed by atoms with Crippen LogP contribution in [0, 0.1) is 11.6 Å². The minimum absolute atomic E-state index is 0.166. The van der Waals surface area contributed by atoms with Gasteiger partial charge in [-0.15, -0.1) is 0 Å². The molecule has 1 aliphatic heterocycles. The molecule has 0 radical (unpaired) electrons. The molecule has 5 rings (SSSR count). The summed E-state index contributed by atoms with van der Waals surface area (Å²) in [5, 5.41) is 9.81. The molecule has 0 saturated carbocycles. The molecule has 1 aliphatic rings. The SMILES string of the molecule is C=CC(=O)Nc1cc(Nc2ncc3cc(Oc4ccc(F)cc4F)c(=O)n(C)c3n2)c(OC)cc1C1CCNCC1. The van der Waals surface area contributed by atoms with Crippen LogP contribution in [0.4, 0.5) is 26.1 Å². The van der Waals surface area contributed by atoms with Gasteiger partial charge in [-0.2, -0.15) is 4.98 Å². The number of piperidine rings is 1. The van der Waals surface area contributed by atoms with E-state index >= 15 is 0 Å². The lowest BCUT2D eigenvalue weighted by Crippen LogP contribution is -2.27. The predicted molar refractivity (Wildman–Crippen MR) is 151 cm³/mol. The van der Waals surface area contributed by atoms with E-state index in [4.69, 9.17) is 9.47 Å². The van der Waals surface area contributed by atoms with E-state index in [1.807, 2.05) is 6.07 Å². The largest absolute Gasteiger partial charge is 0.495 e. The van der Waals surface area contributed by atoms with Crippen molar-refractivity contribution in [3.63, 3.8) is 0 Å². The molecule has 212 valence electrons. The maximum absolute atomic E-state index is 14.1. The summed E-state index contributed by atoms with van der Waals surface area (Å²) < 4.78 is 39.7. The number of methoxy groups -OCH3 is 1. The summed E-state index contributed by atoms with van der Waals surface area (Å²) in [5.41, 5.74) is 1.78. The molecule has 4 aromatic rings. The Hall–Kier alpha value is -4.84. The van der Waals surface area contributed by atoms with E-state index in [1.54, 1.807) is 13.2 Å². The van der Waals surface area contributed by atoms with Crippen molar-refractivity contribution in [2.75, 3.05) is 30.8 Å². The van der Waals surface area contributed by atoms with Crippen LogP contribution in [-0.4, -0.2) is 40.6 Å². The van der Waals surface area contributed by atoms with Gasteiger partial charge in [0, 0.05) is 30.4 Å². The second-order valence-corrected chi connectivity index (χ2v) is 9.50. The third-order valence-electron chi connectivity index (χ3n) is 6.87. The average Bonchev–Trinajstić information content (AvgIpc) is 2.98. The Balaban J connectivity index is 1.49. The number of hydrogen-bond donors (Lipinski definition) is 3. The lowest BCUT2D eigenvalue weighted by molar-refractivity contribution is -0.111. The smallest absolute Gasteiger partial charge is 0.294 e. The van der Waals surface area contributed by atoms with Crippen LogP contribution in [-0.2, 0) is 11.8 Å². The number of carbonyl (C=O) groups excluding carboxylic acids is 1. The topological polar surface area (TPSA) is 119 Å². The Morgan fingerprint density at radius 1 is 1.12 bits per heavy atom. The van der Waals surface area contributed by atoms with Gasteiger partial charge in [-0.05, 0) is 73.8 Å². The molecule has 12 heteroatoms. The van der Waals surface area contributed by atoms with Crippen LogP contribution >= 0.6 is 0 Å². The van der Waals surface area contributed by atoms with E-state index in [0.29, 0.717) is 28.6 Å². The Bertz CT molecular complexity index is 1700. The molecule has 0 unspecified atom stereocenters. The highest BCUT2D eigenvalue weighted by Crippen LogP contribution is 2.39. The van der Waals surface area contributed by atoms with Crippen molar-refractivity contribution in [3.05, 3.63) is 82.8 Å². The number of fused-ring (bicyclic) bond motifs is 1. The number of amides is 1. The van der Waals surface area contributed by atoms with Gasteiger partial charge in [0.2, 0.25) is 11.9 Å². The number of aromatic nitrogens is 3. The van der Waals surface area contributed by atoms with E-state index in [-0.39, 0.29) is 34.9 Å². The van der Waals surface area contributed by atoms with Gasteiger partial charge in [0.1, 0.15) is 17.2 Å². The second-order valence-electron chi connectivity index (χ2n) is 9.50. The summed E-state index contributed by atoms with van der Waals surface area (Å²) in [6, 6.07) is 7.86. The Morgan fingerprint density at radius 3 is 2.61 bits per heavy atom. The number of benzene rings is 2. The van der Waals surface area contributed by atoms with Crippen molar-refractivity contribution < 1.29 is 23.0 Å². The summed E-state index contributed by atoms with van der Waals surface area (Å²) >= 11 is 0. The monoisotopic (exact) mass is 562 g/mol. The van der Waals surface area contributed by atoms with Gasteiger partial charge in [-0.25, -0.2) is 13.8 Å². The van der Waals surface area contributed by atoms with Crippen LogP contribution < -0.4 is 31.0 Å². The highest BCUT2D eigenvalue weighted by atomic mass is 19.1. The number of pyridine rings is 1. The molecule has 0 aliphatic carbocycles. The molecule has 3 N–H and O–H groups in total. The fraction of sp³-hybridized carbons (Fsp3) is 0.241. The standard InChI is InChI=1S/C29H28F2N6O4/c1-4-26(38)34-21-14-22(24(40-3)13-19(21)16-7-9-32-10-8-16)35-29-33-15-17-11-25(28(39)37(2)27(17)36-29)41-23-6-5-18(30)12-20(23)31/h4-6,11-16,32H,1,7-10H2,2-3H3,(H,34,38)(H,33,35,36). The maximum Gasteiger partial charge on any atom is 0.294 e. The van der Waals surface area contributed by atoms with Crippen LogP contribution in [0.2, 0.25) is 0 Å². The van der Waals surface area contributed by atoms with E-state index in [1.165, 1.54) is 30.0 Å². The Morgan fingerprint density at radius 2 is 1.90 bits per heavy atom. The molecular formula is C29H28F2N6O4. The summed E-state index contributed by atoms with van der Waals surface area (Å²) in [4.78, 5) is 34.1. The average molecular weight is 563 g/mol. The first kappa shape index (κ1) is 27.7. The molecule has 0 bridgehead atoms. The first-order chi connectivity index (χ1) is 19.8. The van der Waals surface area contributed by atoms with E-state index in [9.17, 15) is 18.4 Å². The summed E-state index contributed by atoms with van der Waals surface area (Å²) in [5.74, 6) is -1.59. The second kappa shape index (κ2) is 11.7. The first-order valence-electron chi connectivity index (χ1n) is 12.9. The van der Waals surface area contributed by atoms with Crippen molar-refractivity contribution in [1.29, 1.82) is 0 Å². The quantitative estimate of drug-likeness (QED) is 0.264. The molecule has 41 heavy (non-hydrogen) atoms. The van der Waals surface area contributed by atoms with Crippen LogP contribution in [0.15, 0.2) is 60.0 Å². The first-order valence-corrected chi connectivity index (χ1v) is 12.9. The zero-order valence-electron chi connectivity index (χ0n) is 22.5. The summed E-state index contributed by atoms with van der Waals surface area (Å²) in [6.07, 6.45) is 4.51. The summed E-state index contributed by atoms with van der Waals surface area (Å²) in [7, 11) is 3.04. The zero-order chi connectivity index (χ0) is 29.1. The molecule has 1 saturated heterocycles. The van der Waals surface area contributed by atoms with Crippen molar-refractivity contribution in [2.24, 2.45) is 7.05 Å². The zero-order valence-corrected chi connectivity index (χ0v) is 22.5. The minimum atomic E-state index is -0.938. The molecular weight excluding hydrogens is 534 g/mol. The number of halogens is 2. The Kier molecular flexibility index (Phi) is 7.92. The third kappa shape index (κ3) is 5.87. The van der Waals surface area contributed by atoms with Crippen LogP contribution in [0.25, 0.3) is 11.0 Å². The Labute approximate surface area is 234 Å². The number of hydrogen-bond acceptors (Lipinski definition) is 8. The lowest BCUT2D eigenvalue weighted by Gasteiger charge is -2.26. The number of nitrogens with zero attached hydrogens (tertiary/aromatic N) is 3. The molecule has 10 nitrogen and oxygen atoms in total. The van der Waals surface area contributed by atoms with Crippen molar-refractivity contribution in [1.82, 2.24) is 19.9 Å². The van der Waals surface area contributed by atoms with Gasteiger partial charge in [-0.3, -0.25) is 14.2 Å². The molecule has 2 aromatic carbocycles. The van der Waals surface area contributed by atoms with Gasteiger partial charge < -0.3 is 25.4 Å². The molecule has 1 fully saturated rings. The number of ether oxygens (including phenoxy) is 2. The molecule has 3 heterocycles. The van der Waals surface area contributed by atoms with Gasteiger partial charge in [-0.1, -0.05) is 6.58 Å². The molecule has 0 atom stereocenters. The normalized spacial score (nSPS) is 13.6. The van der Waals surface area contributed by atoms with E-state index in [2.05, 4.69) is 32.5 Å². The third-order valence-corrected chi connectivity index (χ3v) is 6.87. The van der Waals surface area contributed by atoms with Crippen molar-refractivity contribution in [2.45, 2.75) is 18.8 Å². The van der Waals surface area contributed by atoms with Gasteiger partial charge in [0.05, 0.1) is 12.8 Å². The number of anilines is 3. The molecule has 1 amide bonds. The fourth-order valence-corrected chi connectivity index (χ4v) is 4.77. The number of carbonyl (C=O) groups is 1. The van der Waals surface area contributed by atoms with Crippen LogP contribution in [0.3, 0.4) is 0 Å². The van der Waals surface area contributed by atoms with Gasteiger partial charge in [0.15, 0.2) is 17.3 Å². The van der Waals surface area contributed by atoms with E-state index in [0.717, 1.165) is 43.6 Å². The molecule has 2 aromatic heterocycles. The minimum Gasteiger partial charge on any atom is -0.495 e. The van der Waals surface area contributed by atoms with Gasteiger partial charge in [0.25, 0.3) is 5.56 Å². The maximum atomic E-state index is 14.1.